The number of carboxylic acids is 1. The van der Waals surface area contributed by atoms with Crippen LogP contribution in [0, 0.1) is 11.8 Å². The van der Waals surface area contributed by atoms with Gasteiger partial charge in [0.25, 0.3) is 5.91 Å². The van der Waals surface area contributed by atoms with Crippen molar-refractivity contribution in [2.24, 2.45) is 44.8 Å². The summed E-state index contributed by atoms with van der Waals surface area (Å²) in [5.41, 5.74) is 21.8. The third-order valence-electron chi connectivity index (χ3n) is 9.19. The summed E-state index contributed by atoms with van der Waals surface area (Å²) in [6, 6.07) is -2.20. The monoisotopic (exact) mass is 934 g/mol. The molecule has 0 saturated carbocycles. The predicted octanol–water partition coefficient (Wildman–Crippen LogP) is -3.45. The number of hydrogen-bond donors (Lipinski definition) is 13. The summed E-state index contributed by atoms with van der Waals surface area (Å²) in [6.07, 6.45) is 0.364. The number of aliphatic hydroxyl groups excluding tert-OH is 1. The Morgan fingerprint density at radius 2 is 1.05 bits per heavy atom. The van der Waals surface area contributed by atoms with Crippen LogP contribution in [0.25, 0.3) is 0 Å². The number of aliphatic carboxylic acids is 1. The lowest BCUT2D eigenvalue weighted by Gasteiger charge is -2.27. The number of nitrogens with zero attached hydrogens (tertiary/aromatic N) is 2. The number of benzene rings is 1. The Kier molecular flexibility index (Phi) is 25.4. The second-order valence-corrected chi connectivity index (χ2v) is 16.0. The maximum Gasteiger partial charge on any atom is 0.322 e. The van der Waals surface area contributed by atoms with Gasteiger partial charge in [-0.05, 0) is 69.4 Å². The summed E-state index contributed by atoms with van der Waals surface area (Å²) in [5.74, 6) is -8.68. The van der Waals surface area contributed by atoms with Gasteiger partial charge in [-0.2, -0.15) is 0 Å². The smallest absolute Gasteiger partial charge is 0.322 e. The highest BCUT2D eigenvalue weighted by atomic mass is 16.5. The molecule has 0 aliphatic carbocycles. The minimum atomic E-state index is -1.61. The fourth-order valence-electron chi connectivity index (χ4n) is 6.06. The number of carbonyl (C=O) groups is 9. The SMILES string of the molecule is CC(=O)Oc1ccccc1C(=O)N[C@@H](CC(C)C)C(=O)N[C@@H](CCCN=C(N)N)C(=O)N[C@@H](CCCN=C(N)N)C(=O)N[C@@H](C)C(=O)N[C@@H](CO)C(=O)N[C@@H](CC(C)C)C(=O)NCC(=O)O. The Labute approximate surface area is 382 Å². The Hall–Kier alpha value is -7.05. The van der Waals surface area contributed by atoms with Crippen LogP contribution in [-0.2, 0) is 38.4 Å². The van der Waals surface area contributed by atoms with Crippen LogP contribution >= 0.6 is 0 Å². The number of carboxylic acid groups (broad SMARTS) is 1. The number of guanidine groups is 2. The number of rotatable bonds is 29. The number of amides is 7. The molecular formula is C41H67N13O12. The number of aliphatic imine (C=N–C) groups is 2. The first-order valence-corrected chi connectivity index (χ1v) is 21.3. The molecule has 25 heteroatoms. The number of para-hydroxylation sites is 1. The van der Waals surface area contributed by atoms with Crippen LogP contribution in [-0.4, -0.2) is 138 Å². The Balaban J connectivity index is 3.37. The molecule has 0 saturated heterocycles. The Morgan fingerprint density at radius 1 is 0.606 bits per heavy atom. The van der Waals surface area contributed by atoms with Crippen LogP contribution in [0.2, 0.25) is 0 Å². The second kappa shape index (κ2) is 29.4. The van der Waals surface area contributed by atoms with Crippen LogP contribution in [0.1, 0.15) is 90.4 Å². The van der Waals surface area contributed by atoms with Crippen molar-refractivity contribution in [2.45, 2.75) is 116 Å². The van der Waals surface area contributed by atoms with Crippen LogP contribution in [0.3, 0.4) is 0 Å². The largest absolute Gasteiger partial charge is 0.480 e. The van der Waals surface area contributed by atoms with Gasteiger partial charge < -0.3 is 75.1 Å². The molecule has 1 aromatic carbocycles. The zero-order chi connectivity index (χ0) is 50.1. The number of carbonyl (C=O) groups excluding carboxylic acids is 8. The number of hydrogen-bond acceptors (Lipinski definition) is 13. The normalized spacial score (nSPS) is 13.5. The zero-order valence-corrected chi connectivity index (χ0v) is 38.2. The highest BCUT2D eigenvalue weighted by molar-refractivity contribution is 6.01. The van der Waals surface area contributed by atoms with Crippen molar-refractivity contribution in [1.82, 2.24) is 37.2 Å². The summed E-state index contributed by atoms with van der Waals surface area (Å²) in [7, 11) is 0. The molecule has 7 amide bonds. The van der Waals surface area contributed by atoms with E-state index in [1.807, 2.05) is 0 Å². The van der Waals surface area contributed by atoms with E-state index >= 15 is 0 Å². The topological polar surface area (TPSA) is 416 Å². The molecule has 66 heavy (non-hydrogen) atoms. The molecule has 0 radical (unpaired) electrons. The van der Waals surface area contributed by atoms with E-state index in [0.717, 1.165) is 0 Å². The molecule has 368 valence electrons. The Bertz CT molecular complexity index is 1900. The van der Waals surface area contributed by atoms with Gasteiger partial charge in [0.05, 0.1) is 12.2 Å². The molecule has 0 fully saturated rings. The van der Waals surface area contributed by atoms with E-state index < -0.39 is 103 Å². The average Bonchev–Trinajstić information content (AvgIpc) is 3.22. The Morgan fingerprint density at radius 3 is 1.52 bits per heavy atom. The fraction of sp³-hybridized carbons (Fsp3) is 0.585. The molecular weight excluding hydrogens is 867 g/mol. The fourth-order valence-corrected chi connectivity index (χ4v) is 6.06. The molecule has 0 bridgehead atoms. The van der Waals surface area contributed by atoms with Crippen LogP contribution in [0.4, 0.5) is 0 Å². The maximum absolute atomic E-state index is 14.1. The summed E-state index contributed by atoms with van der Waals surface area (Å²) < 4.78 is 5.16. The molecule has 0 aliphatic heterocycles. The number of nitrogens with one attached hydrogen (secondary N) is 7. The van der Waals surface area contributed by atoms with Gasteiger partial charge in [-0.1, -0.05) is 39.8 Å². The molecule has 0 heterocycles. The average molecular weight is 934 g/mol. The van der Waals surface area contributed by atoms with Crippen molar-refractivity contribution in [2.75, 3.05) is 26.2 Å². The highest BCUT2D eigenvalue weighted by Crippen LogP contribution is 2.19. The molecule has 6 atom stereocenters. The van der Waals surface area contributed by atoms with Gasteiger partial charge in [0, 0.05) is 20.0 Å². The van der Waals surface area contributed by atoms with Gasteiger partial charge in [-0.3, -0.25) is 53.1 Å². The number of nitrogens with two attached hydrogens (primary N) is 4. The first-order valence-electron chi connectivity index (χ1n) is 21.3. The number of ether oxygens (including phenoxy) is 1. The molecule has 1 rings (SSSR count). The van der Waals surface area contributed by atoms with E-state index in [-0.39, 0.29) is 86.7 Å². The van der Waals surface area contributed by atoms with Crippen LogP contribution < -0.4 is 64.9 Å². The van der Waals surface area contributed by atoms with Crippen molar-refractivity contribution < 1.29 is 58.1 Å². The molecule has 0 aromatic heterocycles. The number of esters is 1. The standard InChI is InChI=1S/C41H67N13O12/c1-21(2)17-28(35(61)48-19-32(57)58)53-39(65)30(20-55)54-33(59)23(5)49-36(62)26(12-9-15-46-40(42)43)50-37(63)27(13-10-16-47-41(44)45)51-38(64)29(18-22(3)4)52-34(60)25-11-7-8-14-31(25)66-24(6)56/h7-8,11,14,21-23,26-30,55H,9-10,12-13,15-20H2,1-6H3,(H,48,61)(H,49,62)(H,50,63)(H,51,64)(H,52,60)(H,53,65)(H,54,59)(H,57,58)(H4,42,43,46)(H4,44,45,47)/t23-,26-,27-,28-,29-,30-/m0/s1. The van der Waals surface area contributed by atoms with Gasteiger partial charge >= 0.3 is 11.9 Å². The number of aliphatic hydroxyl groups is 1. The second-order valence-electron chi connectivity index (χ2n) is 16.0. The summed E-state index contributed by atoms with van der Waals surface area (Å²) in [6.45, 7) is 8.01. The lowest BCUT2D eigenvalue weighted by Crippen LogP contribution is -2.59. The van der Waals surface area contributed by atoms with E-state index in [1.165, 1.54) is 26.0 Å². The minimum absolute atomic E-state index is 0.0253. The lowest BCUT2D eigenvalue weighted by atomic mass is 10.0. The molecule has 0 unspecified atom stereocenters. The van der Waals surface area contributed by atoms with Gasteiger partial charge in [0.2, 0.25) is 35.4 Å². The molecule has 1 aromatic rings. The first-order chi connectivity index (χ1) is 30.9. The van der Waals surface area contributed by atoms with Crippen molar-refractivity contribution in [1.29, 1.82) is 0 Å². The van der Waals surface area contributed by atoms with E-state index in [0.29, 0.717) is 0 Å². The van der Waals surface area contributed by atoms with Crippen molar-refractivity contribution in [3.8, 4) is 5.75 Å². The van der Waals surface area contributed by atoms with Gasteiger partial charge in [-0.25, -0.2) is 0 Å². The van der Waals surface area contributed by atoms with Crippen molar-refractivity contribution in [3.63, 3.8) is 0 Å². The third-order valence-corrected chi connectivity index (χ3v) is 9.19. The summed E-state index contributed by atoms with van der Waals surface area (Å²) in [4.78, 5) is 125. The van der Waals surface area contributed by atoms with Crippen LogP contribution in [0.15, 0.2) is 34.3 Å². The van der Waals surface area contributed by atoms with E-state index in [2.05, 4.69) is 47.2 Å². The highest BCUT2D eigenvalue weighted by Gasteiger charge is 2.33. The molecule has 25 nitrogen and oxygen atoms in total. The molecule has 0 aliphatic rings. The lowest BCUT2D eigenvalue weighted by molar-refractivity contribution is -0.138. The van der Waals surface area contributed by atoms with E-state index in [1.54, 1.807) is 39.8 Å². The van der Waals surface area contributed by atoms with Crippen molar-refractivity contribution in [3.05, 3.63) is 29.8 Å². The van der Waals surface area contributed by atoms with Gasteiger partial charge in [0.15, 0.2) is 11.9 Å². The maximum atomic E-state index is 14.1. The third kappa shape index (κ3) is 22.5. The quantitative estimate of drug-likeness (QED) is 0.0122. The molecule has 0 spiro atoms. The van der Waals surface area contributed by atoms with E-state index in [4.69, 9.17) is 32.8 Å². The summed E-state index contributed by atoms with van der Waals surface area (Å²) in [5, 5.41) is 36.2. The predicted molar refractivity (Wildman–Crippen MR) is 241 cm³/mol. The molecule has 17 N–H and O–H groups in total. The zero-order valence-electron chi connectivity index (χ0n) is 38.2. The van der Waals surface area contributed by atoms with Crippen LogP contribution in [0.5, 0.6) is 5.75 Å². The first kappa shape index (κ1) is 57.0. The van der Waals surface area contributed by atoms with Gasteiger partial charge in [-0.15, -0.1) is 0 Å². The minimum Gasteiger partial charge on any atom is -0.480 e. The summed E-state index contributed by atoms with van der Waals surface area (Å²) >= 11 is 0. The van der Waals surface area contributed by atoms with E-state index in [9.17, 15) is 48.3 Å². The van der Waals surface area contributed by atoms with Gasteiger partial charge in [0.1, 0.15) is 48.5 Å². The van der Waals surface area contributed by atoms with Crippen molar-refractivity contribution >= 4 is 65.2 Å².